The van der Waals surface area contributed by atoms with Crippen LogP contribution in [0.1, 0.15) is 6.92 Å². The lowest BCUT2D eigenvalue weighted by Gasteiger charge is -2.12. The Morgan fingerprint density at radius 1 is 0.900 bits per heavy atom. The number of pyridine rings is 3. The van der Waals surface area contributed by atoms with Gasteiger partial charge < -0.3 is 0 Å². The summed E-state index contributed by atoms with van der Waals surface area (Å²) < 4.78 is 25.7. The average Bonchev–Trinajstić information content (AvgIpc) is 2.80. The highest BCUT2D eigenvalue weighted by molar-refractivity contribution is 7.91. The van der Waals surface area contributed by atoms with Gasteiger partial charge in [-0.3, -0.25) is 14.3 Å². The van der Waals surface area contributed by atoms with Crippen molar-refractivity contribution in [1.82, 2.24) is 14.5 Å². The lowest BCUT2D eigenvalue weighted by Crippen LogP contribution is -2.20. The molecule has 0 aliphatic rings. The molecule has 0 aliphatic heterocycles. The number of sulfone groups is 1. The molecule has 0 saturated heterocycles. The third-order valence-corrected chi connectivity index (χ3v) is 6.40. The third kappa shape index (κ3) is 3.79. The summed E-state index contributed by atoms with van der Waals surface area (Å²) in [6.07, 6.45) is 4.88. The van der Waals surface area contributed by atoms with Gasteiger partial charge in [-0.05, 0) is 42.5 Å². The van der Waals surface area contributed by atoms with E-state index in [4.69, 9.17) is 0 Å². The van der Waals surface area contributed by atoms with Crippen molar-refractivity contribution < 1.29 is 8.42 Å². The SMILES string of the molecule is CCS(=O)(=O)c1ccc(-c2cc(-c3ccccn3)cn(-c3ccccc3)c2=O)cn1. The fraction of sp³-hybridized carbons (Fsp3) is 0.0870. The van der Waals surface area contributed by atoms with Gasteiger partial charge in [0.05, 0.1) is 11.4 Å². The van der Waals surface area contributed by atoms with Crippen LogP contribution in [-0.2, 0) is 9.84 Å². The molecular formula is C23H19N3O3S. The molecule has 3 aromatic heterocycles. The number of hydrogen-bond donors (Lipinski definition) is 0. The molecule has 4 aromatic rings. The van der Waals surface area contributed by atoms with Crippen LogP contribution in [0.25, 0.3) is 28.1 Å². The van der Waals surface area contributed by atoms with E-state index in [0.29, 0.717) is 11.1 Å². The summed E-state index contributed by atoms with van der Waals surface area (Å²) in [7, 11) is -3.41. The Hall–Kier alpha value is -3.58. The minimum absolute atomic E-state index is 0.00184. The molecule has 1 aromatic carbocycles. The Balaban J connectivity index is 1.92. The number of nitrogens with zero attached hydrogens (tertiary/aromatic N) is 3. The number of para-hydroxylation sites is 1. The van der Waals surface area contributed by atoms with Gasteiger partial charge >= 0.3 is 0 Å². The van der Waals surface area contributed by atoms with Crippen LogP contribution in [0.4, 0.5) is 0 Å². The summed E-state index contributed by atoms with van der Waals surface area (Å²) in [5.74, 6) is -0.0324. The maximum absolute atomic E-state index is 13.3. The van der Waals surface area contributed by atoms with Crippen molar-refractivity contribution in [3.05, 3.63) is 95.7 Å². The van der Waals surface area contributed by atoms with E-state index in [1.54, 1.807) is 36.0 Å². The molecule has 0 amide bonds. The van der Waals surface area contributed by atoms with E-state index in [9.17, 15) is 13.2 Å². The van der Waals surface area contributed by atoms with Gasteiger partial charge in [0.15, 0.2) is 14.9 Å². The van der Waals surface area contributed by atoms with Crippen molar-refractivity contribution in [2.24, 2.45) is 0 Å². The summed E-state index contributed by atoms with van der Waals surface area (Å²) in [5, 5.41) is -0.00184. The Morgan fingerprint density at radius 2 is 1.67 bits per heavy atom. The molecule has 7 heteroatoms. The first kappa shape index (κ1) is 19.7. The molecule has 0 unspecified atom stereocenters. The highest BCUT2D eigenvalue weighted by Gasteiger charge is 2.16. The quantitative estimate of drug-likeness (QED) is 0.494. The minimum Gasteiger partial charge on any atom is -0.283 e. The summed E-state index contributed by atoms with van der Waals surface area (Å²) >= 11 is 0. The van der Waals surface area contributed by atoms with Crippen LogP contribution in [0.3, 0.4) is 0 Å². The highest BCUT2D eigenvalue weighted by atomic mass is 32.2. The van der Waals surface area contributed by atoms with E-state index in [2.05, 4.69) is 9.97 Å². The molecule has 4 rings (SSSR count). The predicted molar refractivity (Wildman–Crippen MR) is 116 cm³/mol. The first-order chi connectivity index (χ1) is 14.5. The van der Waals surface area contributed by atoms with Crippen LogP contribution in [0, 0.1) is 0 Å². The zero-order chi connectivity index (χ0) is 21.1. The second-order valence-electron chi connectivity index (χ2n) is 6.66. The van der Waals surface area contributed by atoms with E-state index in [0.717, 1.165) is 16.9 Å². The molecule has 6 nitrogen and oxygen atoms in total. The standard InChI is InChI=1S/C23H19N3O3S/c1-2-30(28,29)22-12-11-17(15-25-22)20-14-18(21-10-6-7-13-24-21)16-26(23(20)27)19-8-4-3-5-9-19/h3-16H,2H2,1H3. The Morgan fingerprint density at radius 3 is 2.30 bits per heavy atom. The van der Waals surface area contributed by atoms with Gasteiger partial charge in [0, 0.05) is 41.0 Å². The number of benzene rings is 1. The van der Waals surface area contributed by atoms with Crippen LogP contribution in [0.2, 0.25) is 0 Å². The maximum Gasteiger partial charge on any atom is 0.263 e. The van der Waals surface area contributed by atoms with E-state index >= 15 is 0 Å². The van der Waals surface area contributed by atoms with Crippen LogP contribution in [0.15, 0.2) is 95.1 Å². The number of aromatic nitrogens is 3. The Bertz CT molecular complexity index is 1330. The molecule has 150 valence electrons. The molecule has 0 atom stereocenters. The lowest BCUT2D eigenvalue weighted by molar-refractivity contribution is 0.593. The normalized spacial score (nSPS) is 11.4. The number of rotatable bonds is 5. The fourth-order valence-corrected chi connectivity index (χ4v) is 3.90. The smallest absolute Gasteiger partial charge is 0.263 e. The van der Waals surface area contributed by atoms with E-state index in [-0.39, 0.29) is 16.3 Å². The first-order valence-corrected chi connectivity index (χ1v) is 11.1. The van der Waals surface area contributed by atoms with Crippen LogP contribution >= 0.6 is 0 Å². The summed E-state index contributed by atoms with van der Waals surface area (Å²) in [6, 6.07) is 19.7. The average molecular weight is 417 g/mol. The molecule has 0 bridgehead atoms. The maximum atomic E-state index is 13.3. The van der Waals surface area contributed by atoms with Crippen molar-refractivity contribution in [2.45, 2.75) is 11.9 Å². The zero-order valence-corrected chi connectivity index (χ0v) is 17.1. The van der Waals surface area contributed by atoms with Gasteiger partial charge in [-0.15, -0.1) is 0 Å². The first-order valence-electron chi connectivity index (χ1n) is 9.42. The topological polar surface area (TPSA) is 81.9 Å². The predicted octanol–water partition coefficient (Wildman–Crippen LogP) is 3.76. The molecule has 0 aliphatic carbocycles. The monoisotopic (exact) mass is 417 g/mol. The van der Waals surface area contributed by atoms with Crippen molar-refractivity contribution in [2.75, 3.05) is 5.75 Å². The van der Waals surface area contributed by atoms with E-state index in [1.165, 1.54) is 12.3 Å². The highest BCUT2D eigenvalue weighted by Crippen LogP contribution is 2.24. The van der Waals surface area contributed by atoms with Gasteiger partial charge in [-0.25, -0.2) is 13.4 Å². The zero-order valence-electron chi connectivity index (χ0n) is 16.3. The van der Waals surface area contributed by atoms with Gasteiger partial charge in [0.2, 0.25) is 0 Å². The lowest BCUT2D eigenvalue weighted by atomic mass is 10.1. The Kier molecular flexibility index (Phi) is 5.29. The van der Waals surface area contributed by atoms with Gasteiger partial charge in [-0.1, -0.05) is 31.2 Å². The minimum atomic E-state index is -3.41. The van der Waals surface area contributed by atoms with Crippen LogP contribution in [0.5, 0.6) is 0 Å². The largest absolute Gasteiger partial charge is 0.283 e. The number of hydrogen-bond acceptors (Lipinski definition) is 5. The molecule has 0 radical (unpaired) electrons. The summed E-state index contributed by atoms with van der Waals surface area (Å²) in [4.78, 5) is 21.8. The second-order valence-corrected chi connectivity index (χ2v) is 8.88. The second kappa shape index (κ2) is 8.04. The molecule has 0 N–H and O–H groups in total. The molecule has 0 spiro atoms. The van der Waals surface area contributed by atoms with E-state index in [1.807, 2.05) is 48.5 Å². The van der Waals surface area contributed by atoms with E-state index < -0.39 is 9.84 Å². The Labute approximate surface area is 174 Å². The molecule has 0 saturated carbocycles. The van der Waals surface area contributed by atoms with Crippen molar-refractivity contribution >= 4 is 9.84 Å². The fourth-order valence-electron chi connectivity index (χ4n) is 3.11. The molecule has 30 heavy (non-hydrogen) atoms. The molecule has 0 fully saturated rings. The third-order valence-electron chi connectivity index (χ3n) is 4.76. The van der Waals surface area contributed by atoms with Crippen molar-refractivity contribution in [3.8, 4) is 28.1 Å². The van der Waals surface area contributed by atoms with Gasteiger partial charge in [0.1, 0.15) is 0 Å². The van der Waals surface area contributed by atoms with Gasteiger partial charge in [0.25, 0.3) is 5.56 Å². The summed E-state index contributed by atoms with van der Waals surface area (Å²) in [5.41, 5.74) is 2.93. The molecule has 3 heterocycles. The molecular weight excluding hydrogens is 398 g/mol. The van der Waals surface area contributed by atoms with Crippen LogP contribution < -0.4 is 5.56 Å². The van der Waals surface area contributed by atoms with Gasteiger partial charge in [-0.2, -0.15) is 0 Å². The van der Waals surface area contributed by atoms with Crippen molar-refractivity contribution in [3.63, 3.8) is 0 Å². The van der Waals surface area contributed by atoms with Crippen molar-refractivity contribution in [1.29, 1.82) is 0 Å². The summed E-state index contributed by atoms with van der Waals surface area (Å²) in [6.45, 7) is 1.57. The van der Waals surface area contributed by atoms with Crippen LogP contribution in [-0.4, -0.2) is 28.7 Å².